The van der Waals surface area contributed by atoms with Crippen LogP contribution in [0.4, 0.5) is 4.39 Å². The Kier molecular flexibility index (Phi) is 4.17. The molecular weight excluding hydrogens is 285 g/mol. The Hall–Kier alpha value is -1.67. The molecule has 0 unspecified atom stereocenters. The van der Waals surface area contributed by atoms with Crippen molar-refractivity contribution in [3.63, 3.8) is 0 Å². The molecule has 2 fully saturated rings. The maximum atomic E-state index is 13.0. The fourth-order valence-electron chi connectivity index (χ4n) is 3.75. The van der Waals surface area contributed by atoms with Crippen molar-refractivity contribution in [2.45, 2.75) is 31.6 Å². The van der Waals surface area contributed by atoms with E-state index in [1.807, 2.05) is 12.1 Å². The molecule has 0 bridgehead atoms. The molecule has 1 heterocycles. The van der Waals surface area contributed by atoms with Crippen LogP contribution in [0.25, 0.3) is 11.1 Å². The van der Waals surface area contributed by atoms with E-state index in [0.29, 0.717) is 5.92 Å². The Balaban J connectivity index is 1.45. The number of likely N-dealkylation sites (tertiary alicyclic amines) is 1. The lowest BCUT2D eigenvalue weighted by atomic mass is 9.89. The lowest BCUT2D eigenvalue weighted by Crippen LogP contribution is -2.35. The van der Waals surface area contributed by atoms with Gasteiger partial charge in [0.2, 0.25) is 0 Å². The number of halogens is 1. The van der Waals surface area contributed by atoms with E-state index in [0.717, 1.165) is 11.5 Å². The first kappa shape index (κ1) is 14.9. The molecule has 120 valence electrons. The van der Waals surface area contributed by atoms with Gasteiger partial charge >= 0.3 is 0 Å². The highest BCUT2D eigenvalue weighted by Gasteiger charge is 2.28. The molecule has 2 heteroatoms. The highest BCUT2D eigenvalue weighted by Crippen LogP contribution is 2.33. The lowest BCUT2D eigenvalue weighted by molar-refractivity contribution is 0.200. The topological polar surface area (TPSA) is 3.24 Å². The Bertz CT molecular complexity index is 643. The van der Waals surface area contributed by atoms with Crippen LogP contribution in [0.2, 0.25) is 0 Å². The van der Waals surface area contributed by atoms with Gasteiger partial charge in [-0.1, -0.05) is 36.4 Å². The zero-order valence-electron chi connectivity index (χ0n) is 13.5. The minimum absolute atomic E-state index is 0.177. The molecule has 2 aliphatic rings. The molecule has 0 amide bonds. The molecular formula is C21H24FN. The SMILES string of the molecule is Fc1ccc(-c2ccc([C@@H]3CCCN(CC4CC4)C3)cc2)cc1. The molecule has 1 saturated carbocycles. The smallest absolute Gasteiger partial charge is 0.123 e. The van der Waals surface area contributed by atoms with E-state index in [9.17, 15) is 4.39 Å². The zero-order chi connectivity index (χ0) is 15.6. The summed E-state index contributed by atoms with van der Waals surface area (Å²) in [5.74, 6) is 1.47. The van der Waals surface area contributed by atoms with Crippen LogP contribution in [0.3, 0.4) is 0 Å². The van der Waals surface area contributed by atoms with Crippen molar-refractivity contribution in [1.29, 1.82) is 0 Å². The first-order valence-electron chi connectivity index (χ1n) is 8.86. The normalized spacial score (nSPS) is 22.2. The molecule has 1 saturated heterocycles. The molecule has 0 radical (unpaired) electrons. The number of rotatable bonds is 4. The van der Waals surface area contributed by atoms with E-state index >= 15 is 0 Å². The van der Waals surface area contributed by atoms with Crippen LogP contribution < -0.4 is 0 Å². The minimum Gasteiger partial charge on any atom is -0.302 e. The predicted octanol–water partition coefficient (Wildman–Crippen LogP) is 5.08. The summed E-state index contributed by atoms with van der Waals surface area (Å²) < 4.78 is 13.0. The Labute approximate surface area is 138 Å². The maximum absolute atomic E-state index is 13.0. The van der Waals surface area contributed by atoms with Gasteiger partial charge in [-0.25, -0.2) is 4.39 Å². The second-order valence-electron chi connectivity index (χ2n) is 7.17. The molecule has 0 N–H and O–H groups in total. The molecule has 0 spiro atoms. The third-order valence-electron chi connectivity index (χ3n) is 5.28. The van der Waals surface area contributed by atoms with Crippen molar-refractivity contribution in [3.8, 4) is 11.1 Å². The fraction of sp³-hybridized carbons (Fsp3) is 0.429. The molecule has 23 heavy (non-hydrogen) atoms. The third-order valence-corrected chi connectivity index (χ3v) is 5.28. The molecule has 1 atom stereocenters. The van der Waals surface area contributed by atoms with Crippen LogP contribution in [0.15, 0.2) is 48.5 Å². The number of benzene rings is 2. The Morgan fingerprint density at radius 2 is 1.52 bits per heavy atom. The quantitative estimate of drug-likeness (QED) is 0.761. The van der Waals surface area contributed by atoms with Gasteiger partial charge in [0.1, 0.15) is 5.82 Å². The van der Waals surface area contributed by atoms with E-state index in [-0.39, 0.29) is 5.82 Å². The number of hydrogen-bond donors (Lipinski definition) is 0. The lowest BCUT2D eigenvalue weighted by Gasteiger charge is -2.33. The predicted molar refractivity (Wildman–Crippen MR) is 93.0 cm³/mol. The summed E-state index contributed by atoms with van der Waals surface area (Å²) in [4.78, 5) is 2.67. The first-order valence-corrected chi connectivity index (χ1v) is 8.86. The van der Waals surface area contributed by atoms with Gasteiger partial charge in [-0.2, -0.15) is 0 Å². The molecule has 1 aliphatic heterocycles. The summed E-state index contributed by atoms with van der Waals surface area (Å²) in [6.45, 7) is 3.80. The standard InChI is InChI=1S/C21H24FN/c22-21-11-9-18(10-12-21)17-5-7-19(8-6-17)20-2-1-13-23(15-20)14-16-3-4-16/h5-12,16,20H,1-4,13-15H2/t20-/m1/s1. The monoisotopic (exact) mass is 309 g/mol. The summed E-state index contributed by atoms with van der Waals surface area (Å²) in [5, 5.41) is 0. The van der Waals surface area contributed by atoms with E-state index in [4.69, 9.17) is 0 Å². The van der Waals surface area contributed by atoms with Crippen molar-refractivity contribution in [3.05, 3.63) is 59.9 Å². The number of hydrogen-bond acceptors (Lipinski definition) is 1. The zero-order valence-corrected chi connectivity index (χ0v) is 13.5. The molecule has 4 rings (SSSR count). The van der Waals surface area contributed by atoms with Crippen LogP contribution in [-0.4, -0.2) is 24.5 Å². The number of nitrogens with zero attached hydrogens (tertiary/aromatic N) is 1. The molecule has 2 aromatic carbocycles. The van der Waals surface area contributed by atoms with Gasteiger partial charge in [0.05, 0.1) is 0 Å². The third kappa shape index (κ3) is 3.64. The second-order valence-corrected chi connectivity index (χ2v) is 7.17. The summed E-state index contributed by atoms with van der Waals surface area (Å²) >= 11 is 0. The van der Waals surface area contributed by atoms with E-state index in [1.54, 1.807) is 0 Å². The van der Waals surface area contributed by atoms with Gasteiger partial charge in [0.15, 0.2) is 0 Å². The molecule has 2 aromatic rings. The first-order chi connectivity index (χ1) is 11.3. The highest BCUT2D eigenvalue weighted by atomic mass is 19.1. The van der Waals surface area contributed by atoms with Gasteiger partial charge in [-0.15, -0.1) is 0 Å². The van der Waals surface area contributed by atoms with Crippen molar-refractivity contribution < 1.29 is 4.39 Å². The van der Waals surface area contributed by atoms with Crippen molar-refractivity contribution in [2.75, 3.05) is 19.6 Å². The van der Waals surface area contributed by atoms with Crippen molar-refractivity contribution >= 4 is 0 Å². The highest BCUT2D eigenvalue weighted by molar-refractivity contribution is 5.63. The molecule has 0 aromatic heterocycles. The maximum Gasteiger partial charge on any atom is 0.123 e. The fourth-order valence-corrected chi connectivity index (χ4v) is 3.75. The Morgan fingerprint density at radius 1 is 0.870 bits per heavy atom. The summed E-state index contributed by atoms with van der Waals surface area (Å²) in [6.07, 6.45) is 5.50. The van der Waals surface area contributed by atoms with Gasteiger partial charge in [0.25, 0.3) is 0 Å². The Morgan fingerprint density at radius 3 is 2.17 bits per heavy atom. The molecule has 1 aliphatic carbocycles. The van der Waals surface area contributed by atoms with E-state index in [1.165, 1.54) is 68.6 Å². The summed E-state index contributed by atoms with van der Waals surface area (Å²) in [5.41, 5.74) is 3.70. The van der Waals surface area contributed by atoms with Crippen LogP contribution in [0.1, 0.15) is 37.2 Å². The second kappa shape index (κ2) is 6.45. The minimum atomic E-state index is -0.177. The van der Waals surface area contributed by atoms with Gasteiger partial charge < -0.3 is 4.90 Å². The summed E-state index contributed by atoms with van der Waals surface area (Å²) in [7, 11) is 0. The van der Waals surface area contributed by atoms with Gasteiger partial charge in [-0.3, -0.25) is 0 Å². The van der Waals surface area contributed by atoms with Crippen LogP contribution in [0.5, 0.6) is 0 Å². The van der Waals surface area contributed by atoms with Crippen LogP contribution in [0, 0.1) is 11.7 Å². The number of piperidine rings is 1. The van der Waals surface area contributed by atoms with E-state index in [2.05, 4.69) is 29.2 Å². The average Bonchev–Trinajstić information content (AvgIpc) is 3.40. The summed E-state index contributed by atoms with van der Waals surface area (Å²) in [6, 6.07) is 15.7. The molecule has 1 nitrogen and oxygen atoms in total. The largest absolute Gasteiger partial charge is 0.302 e. The van der Waals surface area contributed by atoms with Gasteiger partial charge in [0, 0.05) is 13.1 Å². The van der Waals surface area contributed by atoms with Crippen molar-refractivity contribution in [2.24, 2.45) is 5.92 Å². The van der Waals surface area contributed by atoms with Crippen molar-refractivity contribution in [1.82, 2.24) is 4.90 Å². The average molecular weight is 309 g/mol. The van der Waals surface area contributed by atoms with Gasteiger partial charge in [-0.05, 0) is 72.9 Å². The van der Waals surface area contributed by atoms with E-state index < -0.39 is 0 Å². The van der Waals surface area contributed by atoms with Crippen LogP contribution >= 0.6 is 0 Å². The van der Waals surface area contributed by atoms with Crippen LogP contribution in [-0.2, 0) is 0 Å².